The number of rotatable bonds is 17. The van der Waals surface area contributed by atoms with Gasteiger partial charge >= 0.3 is 17.9 Å². The van der Waals surface area contributed by atoms with E-state index in [1.54, 1.807) is 13.8 Å². The smallest absolute Gasteiger partial charge is 0.333 e. The van der Waals surface area contributed by atoms with E-state index < -0.39 is 36.6 Å². The summed E-state index contributed by atoms with van der Waals surface area (Å²) in [4.78, 5) is 37.9. The van der Waals surface area contributed by atoms with Gasteiger partial charge in [0.15, 0.2) is 6.35 Å². The summed E-state index contributed by atoms with van der Waals surface area (Å²) in [5, 5.41) is 11.1. The number of esters is 3. The lowest BCUT2D eigenvalue weighted by Gasteiger charge is -2.40. The van der Waals surface area contributed by atoms with Crippen LogP contribution >= 0.6 is 0 Å². The van der Waals surface area contributed by atoms with Crippen LogP contribution in [-0.4, -0.2) is 84.4 Å². The first-order valence-electron chi connectivity index (χ1n) is 11.0. The molecular formula is C23H40N4O7. The highest BCUT2D eigenvalue weighted by molar-refractivity contribution is 5.87. The van der Waals surface area contributed by atoms with Crippen LogP contribution in [0.1, 0.15) is 40.5 Å². The Balaban J connectivity index is 5.24. The summed E-state index contributed by atoms with van der Waals surface area (Å²) in [6.07, 6.45) is -1.82. The zero-order chi connectivity index (χ0) is 26.4. The van der Waals surface area contributed by atoms with E-state index in [9.17, 15) is 19.5 Å². The molecule has 194 valence electrons. The third-order valence-corrected chi connectivity index (χ3v) is 4.63. The predicted octanol–water partition coefficient (Wildman–Crippen LogP) is 0.594. The molecule has 0 heterocycles. The summed E-state index contributed by atoms with van der Waals surface area (Å²) in [6, 6.07) is 0. The van der Waals surface area contributed by atoms with Crippen LogP contribution in [0.25, 0.3) is 0 Å². The summed E-state index contributed by atoms with van der Waals surface area (Å²) in [6.45, 7) is 17.1. The molecule has 0 radical (unpaired) electrons. The molecule has 0 aliphatic rings. The Bertz CT molecular complexity index is 739. The third kappa shape index (κ3) is 12.1. The summed E-state index contributed by atoms with van der Waals surface area (Å²) >= 11 is 0. The van der Waals surface area contributed by atoms with E-state index in [2.05, 4.69) is 19.7 Å². The number of hydrogen-bond acceptors (Lipinski definition) is 11. The summed E-state index contributed by atoms with van der Waals surface area (Å²) in [7, 11) is 0. The summed E-state index contributed by atoms with van der Waals surface area (Å²) < 4.78 is 15.3. The number of hydrogen-bond donors (Lipinski definition) is 3. The topological polar surface area (TPSA) is 158 Å². The van der Waals surface area contributed by atoms with Crippen molar-refractivity contribution in [3.05, 3.63) is 36.5 Å². The first-order valence-corrected chi connectivity index (χ1v) is 11.0. The number of nitrogens with two attached hydrogens (primary N) is 2. The Hall–Kier alpha value is -2.57. The molecule has 3 unspecified atom stereocenters. The van der Waals surface area contributed by atoms with Gasteiger partial charge < -0.3 is 30.8 Å². The summed E-state index contributed by atoms with van der Waals surface area (Å²) in [5.74, 6) is -1.61. The second-order valence-corrected chi connectivity index (χ2v) is 8.02. The molecule has 0 aromatic rings. The minimum Gasteiger partial charge on any atom is -0.462 e. The monoisotopic (exact) mass is 484 g/mol. The van der Waals surface area contributed by atoms with Crippen LogP contribution in [0.5, 0.6) is 0 Å². The molecule has 0 aliphatic heterocycles. The maximum atomic E-state index is 11.7. The first kappa shape index (κ1) is 31.4. The maximum Gasteiger partial charge on any atom is 0.333 e. The Morgan fingerprint density at radius 3 is 1.56 bits per heavy atom. The van der Waals surface area contributed by atoms with E-state index in [1.165, 1.54) is 23.6 Å². The Morgan fingerprint density at radius 2 is 1.18 bits per heavy atom. The van der Waals surface area contributed by atoms with Gasteiger partial charge in [-0.25, -0.2) is 24.2 Å². The fourth-order valence-corrected chi connectivity index (χ4v) is 2.65. The lowest BCUT2D eigenvalue weighted by Crippen LogP contribution is -2.60. The number of aliphatic hydroxyl groups is 1. The molecule has 0 bridgehead atoms. The van der Waals surface area contributed by atoms with Crippen molar-refractivity contribution in [1.82, 2.24) is 9.80 Å². The quantitative estimate of drug-likeness (QED) is 0.0872. The molecule has 0 spiro atoms. The van der Waals surface area contributed by atoms with Crippen molar-refractivity contribution >= 4 is 17.9 Å². The van der Waals surface area contributed by atoms with E-state index in [0.29, 0.717) is 18.4 Å². The van der Waals surface area contributed by atoms with Crippen LogP contribution in [0, 0.1) is 0 Å². The molecule has 11 heteroatoms. The lowest BCUT2D eigenvalue weighted by molar-refractivity contribution is -0.161. The van der Waals surface area contributed by atoms with Crippen molar-refractivity contribution in [2.45, 2.75) is 59.2 Å². The second kappa shape index (κ2) is 16.1. The van der Waals surface area contributed by atoms with Crippen LogP contribution in [0.15, 0.2) is 36.5 Å². The van der Waals surface area contributed by atoms with Gasteiger partial charge in [0.05, 0.1) is 18.9 Å². The number of ether oxygens (including phenoxy) is 3. The number of carbonyl (C=O) groups excluding carboxylic acids is 3. The van der Waals surface area contributed by atoms with E-state index >= 15 is 0 Å². The average molecular weight is 485 g/mol. The van der Waals surface area contributed by atoms with Crippen molar-refractivity contribution in [2.24, 2.45) is 11.5 Å². The average Bonchev–Trinajstić information content (AvgIpc) is 2.75. The van der Waals surface area contributed by atoms with Crippen molar-refractivity contribution in [3.63, 3.8) is 0 Å². The predicted molar refractivity (Wildman–Crippen MR) is 128 cm³/mol. The van der Waals surface area contributed by atoms with E-state index in [1.807, 2.05) is 0 Å². The van der Waals surface area contributed by atoms with Gasteiger partial charge in [0.1, 0.15) is 13.2 Å². The highest BCUT2D eigenvalue weighted by Gasteiger charge is 2.29. The van der Waals surface area contributed by atoms with Crippen molar-refractivity contribution in [3.8, 4) is 0 Å². The molecule has 0 rings (SSSR count). The molecule has 0 aromatic carbocycles. The fourth-order valence-electron chi connectivity index (χ4n) is 2.65. The van der Waals surface area contributed by atoms with Gasteiger partial charge in [-0.1, -0.05) is 19.7 Å². The maximum absolute atomic E-state index is 11.7. The van der Waals surface area contributed by atoms with Crippen molar-refractivity contribution < 1.29 is 33.7 Å². The molecule has 0 saturated carbocycles. The van der Waals surface area contributed by atoms with Crippen LogP contribution in [0.3, 0.4) is 0 Å². The van der Waals surface area contributed by atoms with Crippen LogP contribution in [0.2, 0.25) is 0 Å². The van der Waals surface area contributed by atoms with Gasteiger partial charge in [0.25, 0.3) is 0 Å². The number of carbonyl (C=O) groups is 3. The highest BCUT2D eigenvalue weighted by atomic mass is 16.5. The highest BCUT2D eigenvalue weighted by Crippen LogP contribution is 2.12. The Morgan fingerprint density at radius 1 is 0.794 bits per heavy atom. The minimum atomic E-state index is -1.28. The summed E-state index contributed by atoms with van der Waals surface area (Å²) in [5.41, 5.74) is 13.1. The van der Waals surface area contributed by atoms with Gasteiger partial charge in [-0.2, -0.15) is 0 Å². The third-order valence-electron chi connectivity index (χ3n) is 4.63. The van der Waals surface area contributed by atoms with Crippen molar-refractivity contribution in [1.29, 1.82) is 0 Å². The zero-order valence-electron chi connectivity index (χ0n) is 20.7. The van der Waals surface area contributed by atoms with Crippen LogP contribution in [0.4, 0.5) is 0 Å². The molecule has 34 heavy (non-hydrogen) atoms. The van der Waals surface area contributed by atoms with Gasteiger partial charge in [0.2, 0.25) is 0 Å². The number of nitrogens with zero attached hydrogens (tertiary/aromatic N) is 2. The van der Waals surface area contributed by atoms with Gasteiger partial charge in [-0.3, -0.25) is 0 Å². The molecule has 0 fully saturated rings. The Kier molecular flexibility index (Phi) is 14.9. The molecule has 0 aliphatic carbocycles. The molecular weight excluding hydrogens is 444 g/mol. The number of aliphatic hydroxyl groups excluding tert-OH is 1. The second-order valence-electron chi connectivity index (χ2n) is 8.02. The van der Waals surface area contributed by atoms with Gasteiger partial charge in [-0.15, -0.1) is 0 Å². The first-order chi connectivity index (χ1) is 15.8. The molecule has 11 nitrogen and oxygen atoms in total. The SMILES string of the molecule is C=C(C)C(=O)OCCCC(N)N(CCOC(=O)C(=C)C)C(O)N(CCOC(=O)C(=C)C)C(C)N. The van der Waals surface area contributed by atoms with E-state index in [0.717, 1.165) is 0 Å². The fraction of sp³-hybridized carbons (Fsp3) is 0.609. The van der Waals surface area contributed by atoms with Crippen molar-refractivity contribution in [2.75, 3.05) is 32.9 Å². The molecule has 0 aromatic heterocycles. The van der Waals surface area contributed by atoms with Crippen LogP contribution in [-0.2, 0) is 28.6 Å². The van der Waals surface area contributed by atoms with Gasteiger partial charge in [-0.05, 0) is 40.5 Å². The van der Waals surface area contributed by atoms with E-state index in [-0.39, 0.29) is 44.1 Å². The van der Waals surface area contributed by atoms with E-state index in [4.69, 9.17) is 25.7 Å². The lowest BCUT2D eigenvalue weighted by atomic mass is 10.2. The van der Waals surface area contributed by atoms with Crippen LogP contribution < -0.4 is 11.5 Å². The molecule has 0 amide bonds. The Labute approximate surface area is 202 Å². The zero-order valence-corrected chi connectivity index (χ0v) is 20.7. The minimum absolute atomic E-state index is 0.0329. The van der Waals surface area contributed by atoms with Gasteiger partial charge in [0, 0.05) is 29.8 Å². The molecule has 0 saturated heterocycles. The molecule has 3 atom stereocenters. The largest absolute Gasteiger partial charge is 0.462 e. The standard InChI is InChI=1S/C23H40N4O7/c1-15(2)20(28)32-12-8-9-19(25)27(11-14-34-22(30)17(5)6)23(31)26(18(7)24)10-13-33-21(29)16(3)4/h18-19,23,31H,1,3,5,8-14,24-25H2,2,4,6-7H3. The normalized spacial score (nSPS) is 13.7. The molecule has 5 N–H and O–H groups in total.